The lowest BCUT2D eigenvalue weighted by molar-refractivity contribution is 0.0664. The molecule has 0 spiro atoms. The van der Waals surface area contributed by atoms with Crippen LogP contribution >= 0.6 is 0 Å². The number of hydrogen-bond acceptors (Lipinski definition) is 6. The van der Waals surface area contributed by atoms with Crippen molar-refractivity contribution in [3.63, 3.8) is 0 Å². The summed E-state index contributed by atoms with van der Waals surface area (Å²) in [6.45, 7) is 4.66. The molecule has 1 saturated heterocycles. The van der Waals surface area contributed by atoms with E-state index in [0.717, 1.165) is 54.2 Å². The number of morpholine rings is 1. The van der Waals surface area contributed by atoms with Gasteiger partial charge in [-0.15, -0.1) is 0 Å². The monoisotopic (exact) mass is 529 g/mol. The molecule has 2 aliphatic heterocycles. The molecule has 2 amide bonds. The van der Waals surface area contributed by atoms with Gasteiger partial charge >= 0.3 is 0 Å². The number of carbonyl (C=O) groups is 2. The van der Waals surface area contributed by atoms with Crippen LogP contribution in [0.25, 0.3) is 0 Å². The fourth-order valence-electron chi connectivity index (χ4n) is 5.28. The minimum Gasteiger partial charge on any atom is -0.491 e. The second-order valence-corrected chi connectivity index (χ2v) is 10.6. The van der Waals surface area contributed by atoms with Crippen molar-refractivity contribution >= 4 is 17.5 Å². The lowest BCUT2D eigenvalue weighted by Crippen LogP contribution is -2.41. The molecule has 1 aromatic heterocycles. The maximum atomic E-state index is 13.5. The zero-order chi connectivity index (χ0) is 26.8. The third kappa shape index (κ3) is 5.78. The van der Waals surface area contributed by atoms with Crippen molar-refractivity contribution in [2.75, 3.05) is 64.5 Å². The Bertz CT molecular complexity index is 1340. The van der Waals surface area contributed by atoms with E-state index in [0.29, 0.717) is 63.1 Å². The number of aromatic nitrogens is 2. The summed E-state index contributed by atoms with van der Waals surface area (Å²) in [5, 5.41) is 7.33. The normalized spacial score (nSPS) is 18.8. The highest BCUT2D eigenvalue weighted by Gasteiger charge is 2.28. The van der Waals surface area contributed by atoms with Crippen LogP contribution < -0.4 is 9.64 Å². The van der Waals surface area contributed by atoms with Gasteiger partial charge in [0.2, 0.25) is 0 Å². The summed E-state index contributed by atoms with van der Waals surface area (Å²) in [6, 6.07) is 16.0. The van der Waals surface area contributed by atoms with E-state index in [1.165, 1.54) is 0 Å². The molecule has 2 bridgehead atoms. The Kier molecular flexibility index (Phi) is 7.24. The van der Waals surface area contributed by atoms with E-state index < -0.39 is 0 Å². The molecule has 0 atom stereocenters. The number of nitrogens with one attached hydrogen (secondary N) is 1. The molecule has 2 aromatic carbocycles. The van der Waals surface area contributed by atoms with Crippen molar-refractivity contribution in [1.82, 2.24) is 20.0 Å². The van der Waals surface area contributed by atoms with Crippen LogP contribution in [-0.2, 0) is 11.2 Å². The number of anilines is 1. The number of carbonyl (C=O) groups excluding carboxylic acids is 2. The molecule has 1 N–H and O–H groups in total. The number of ether oxygens (including phenoxy) is 2. The number of aromatic amines is 1. The summed E-state index contributed by atoms with van der Waals surface area (Å²) in [6.07, 6.45) is 2.90. The highest BCUT2D eigenvalue weighted by Crippen LogP contribution is 2.39. The average molecular weight is 530 g/mol. The molecule has 0 radical (unpaired) electrons. The van der Waals surface area contributed by atoms with Gasteiger partial charge in [0.1, 0.15) is 18.1 Å². The first kappa shape index (κ1) is 25.4. The predicted octanol–water partition coefficient (Wildman–Crippen LogP) is 3.32. The summed E-state index contributed by atoms with van der Waals surface area (Å²) in [5.41, 5.74) is 5.31. The maximum absolute atomic E-state index is 13.5. The lowest BCUT2D eigenvalue weighted by atomic mass is 10.0. The molecule has 9 nitrogen and oxygen atoms in total. The summed E-state index contributed by atoms with van der Waals surface area (Å²) < 4.78 is 11.9. The molecule has 39 heavy (non-hydrogen) atoms. The lowest BCUT2D eigenvalue weighted by Gasteiger charge is -2.30. The van der Waals surface area contributed by atoms with Gasteiger partial charge in [0.25, 0.3) is 11.8 Å². The molecule has 1 saturated carbocycles. The van der Waals surface area contributed by atoms with Gasteiger partial charge in [-0.3, -0.25) is 14.7 Å². The molecule has 9 heteroatoms. The van der Waals surface area contributed by atoms with E-state index in [9.17, 15) is 9.59 Å². The Morgan fingerprint density at radius 1 is 0.974 bits per heavy atom. The van der Waals surface area contributed by atoms with Gasteiger partial charge < -0.3 is 24.2 Å². The second-order valence-electron chi connectivity index (χ2n) is 10.6. The molecule has 3 aromatic rings. The topological polar surface area (TPSA) is 91.0 Å². The number of rotatable bonds is 3. The van der Waals surface area contributed by atoms with Crippen LogP contribution in [-0.4, -0.2) is 91.4 Å². The zero-order valence-electron chi connectivity index (χ0n) is 22.4. The Morgan fingerprint density at radius 2 is 1.82 bits per heavy atom. The van der Waals surface area contributed by atoms with Crippen molar-refractivity contribution in [2.45, 2.75) is 25.2 Å². The number of H-pyrrole nitrogens is 1. The molecular formula is C30H35N5O4. The molecule has 3 heterocycles. The van der Waals surface area contributed by atoms with Crippen molar-refractivity contribution in [2.24, 2.45) is 0 Å². The van der Waals surface area contributed by atoms with E-state index in [1.54, 1.807) is 16.8 Å². The fourth-order valence-corrected chi connectivity index (χ4v) is 5.28. The summed E-state index contributed by atoms with van der Waals surface area (Å²) >= 11 is 0. The van der Waals surface area contributed by atoms with Gasteiger partial charge in [-0.1, -0.05) is 12.1 Å². The van der Waals surface area contributed by atoms with Crippen molar-refractivity contribution in [3.05, 3.63) is 76.6 Å². The molecule has 3 aliphatic rings. The molecule has 204 valence electrons. The first-order chi connectivity index (χ1) is 19.0. The summed E-state index contributed by atoms with van der Waals surface area (Å²) in [4.78, 5) is 32.5. The molecule has 1 aliphatic carbocycles. The van der Waals surface area contributed by atoms with Crippen LogP contribution in [0.15, 0.2) is 48.5 Å². The van der Waals surface area contributed by atoms with Crippen molar-refractivity contribution in [3.8, 4) is 5.75 Å². The van der Waals surface area contributed by atoms with Crippen LogP contribution in [0.3, 0.4) is 0 Å². The summed E-state index contributed by atoms with van der Waals surface area (Å²) in [5.74, 6) is 1.07. The quantitative estimate of drug-likeness (QED) is 0.560. The number of likely N-dealkylation sites (N-methyl/N-ethyl adjacent to an activating group) is 1. The van der Waals surface area contributed by atoms with Crippen LogP contribution in [0.2, 0.25) is 0 Å². The van der Waals surface area contributed by atoms with Crippen LogP contribution in [0.4, 0.5) is 5.69 Å². The first-order valence-corrected chi connectivity index (χ1v) is 13.8. The Labute approximate surface area is 228 Å². The molecule has 6 rings (SSSR count). The highest BCUT2D eigenvalue weighted by molar-refractivity contribution is 5.94. The minimum atomic E-state index is -0.153. The van der Waals surface area contributed by atoms with E-state index in [1.807, 2.05) is 36.4 Å². The predicted molar refractivity (Wildman–Crippen MR) is 148 cm³/mol. The van der Waals surface area contributed by atoms with Gasteiger partial charge in [0, 0.05) is 68.1 Å². The number of fused-ring (bicyclic) bond motifs is 3. The second kappa shape index (κ2) is 11.1. The van der Waals surface area contributed by atoms with E-state index in [-0.39, 0.29) is 11.8 Å². The molecular weight excluding hydrogens is 494 g/mol. The van der Waals surface area contributed by atoms with E-state index in [4.69, 9.17) is 9.47 Å². The summed E-state index contributed by atoms with van der Waals surface area (Å²) in [7, 11) is 1.78. The van der Waals surface area contributed by atoms with Gasteiger partial charge in [-0.25, -0.2) is 0 Å². The Balaban J connectivity index is 1.29. The third-order valence-corrected chi connectivity index (χ3v) is 7.78. The average Bonchev–Trinajstić information content (AvgIpc) is 3.70. The van der Waals surface area contributed by atoms with E-state index in [2.05, 4.69) is 27.2 Å². The minimum absolute atomic E-state index is 0.0596. The molecule has 0 unspecified atom stereocenters. The molecule has 2 fully saturated rings. The van der Waals surface area contributed by atoms with Gasteiger partial charge in [-0.05, 0) is 54.8 Å². The number of nitrogens with zero attached hydrogens (tertiary/aromatic N) is 4. The Hall–Kier alpha value is -3.85. The van der Waals surface area contributed by atoms with E-state index >= 15 is 0 Å². The fraction of sp³-hybridized carbons (Fsp3) is 0.433. The standard InChI is InChI=1S/C30H35N5O4/c1-33-9-10-35(30(37)27-20-26(31-32-27)22-5-6-22)13-16-39-28-8-7-25(34-11-14-38-15-12-34)19-24(28)18-21-3-2-4-23(17-21)29(33)36/h2-4,7-8,17,19-20,22H,5-6,9-16,18H2,1H3,(H,31,32). The number of amides is 2. The van der Waals surface area contributed by atoms with Crippen molar-refractivity contribution < 1.29 is 19.1 Å². The van der Waals surface area contributed by atoms with Gasteiger partial charge in [0.15, 0.2) is 0 Å². The number of benzene rings is 2. The first-order valence-electron chi connectivity index (χ1n) is 13.8. The van der Waals surface area contributed by atoms with Crippen LogP contribution in [0.5, 0.6) is 5.75 Å². The maximum Gasteiger partial charge on any atom is 0.274 e. The Morgan fingerprint density at radius 3 is 2.64 bits per heavy atom. The zero-order valence-corrected chi connectivity index (χ0v) is 22.4. The van der Waals surface area contributed by atoms with Crippen LogP contribution in [0.1, 0.15) is 56.4 Å². The van der Waals surface area contributed by atoms with Crippen molar-refractivity contribution in [1.29, 1.82) is 0 Å². The SMILES string of the molecule is CN1CCN(C(=O)c2cc(C3CC3)[nH]n2)CCOc2ccc(N3CCOCC3)cc2Cc2cccc(c2)C1=O. The van der Waals surface area contributed by atoms with Gasteiger partial charge in [-0.2, -0.15) is 5.10 Å². The van der Waals surface area contributed by atoms with Gasteiger partial charge in [0.05, 0.1) is 19.8 Å². The smallest absolute Gasteiger partial charge is 0.274 e. The third-order valence-electron chi connectivity index (χ3n) is 7.78. The van der Waals surface area contributed by atoms with Crippen LogP contribution in [0, 0.1) is 0 Å². The number of hydrogen-bond donors (Lipinski definition) is 1. The largest absolute Gasteiger partial charge is 0.491 e. The highest BCUT2D eigenvalue weighted by atomic mass is 16.5.